The van der Waals surface area contributed by atoms with Crippen LogP contribution in [0.2, 0.25) is 0 Å². The Morgan fingerprint density at radius 2 is 1.58 bits per heavy atom. The molecule has 0 saturated heterocycles. The summed E-state index contributed by atoms with van der Waals surface area (Å²) < 4.78 is 0. The summed E-state index contributed by atoms with van der Waals surface area (Å²) >= 11 is 0. The lowest BCUT2D eigenvalue weighted by Gasteiger charge is -2.34. The van der Waals surface area contributed by atoms with E-state index in [-0.39, 0.29) is 11.4 Å². The van der Waals surface area contributed by atoms with Crippen LogP contribution in [0.15, 0.2) is 0 Å². The van der Waals surface area contributed by atoms with Crippen LogP contribution in [0.4, 0.5) is 0 Å². The molecule has 0 fully saturated rings. The predicted molar refractivity (Wildman–Crippen MR) is 82.4 cm³/mol. The highest BCUT2D eigenvalue weighted by molar-refractivity contribution is 5.72. The number of carbonyl (C=O) groups is 1. The van der Waals surface area contributed by atoms with Gasteiger partial charge < -0.3 is 14.7 Å². The molecule has 19 heavy (non-hydrogen) atoms. The van der Waals surface area contributed by atoms with E-state index in [1.54, 1.807) is 11.8 Å². The Morgan fingerprint density at radius 3 is 2.00 bits per heavy atom. The zero-order valence-corrected chi connectivity index (χ0v) is 14.2. The van der Waals surface area contributed by atoms with Crippen molar-refractivity contribution in [3.8, 4) is 0 Å². The monoisotopic (exact) mass is 271 g/mol. The second-order valence-corrected chi connectivity index (χ2v) is 6.65. The summed E-state index contributed by atoms with van der Waals surface area (Å²) in [6.07, 6.45) is 1.15. The Balaban J connectivity index is 4.01. The van der Waals surface area contributed by atoms with Crippen LogP contribution >= 0.6 is 0 Å². The van der Waals surface area contributed by atoms with Crippen LogP contribution in [0.5, 0.6) is 0 Å². The van der Waals surface area contributed by atoms with Gasteiger partial charge in [0.25, 0.3) is 0 Å². The van der Waals surface area contributed by atoms with Crippen molar-refractivity contribution < 1.29 is 4.79 Å². The molecule has 0 aliphatic heterocycles. The van der Waals surface area contributed by atoms with Gasteiger partial charge in [-0.1, -0.05) is 0 Å². The highest BCUT2D eigenvalue weighted by Gasteiger charge is 2.18. The zero-order chi connectivity index (χ0) is 15.2. The summed E-state index contributed by atoms with van der Waals surface area (Å²) in [5.41, 5.74) is 0.229. The molecule has 4 nitrogen and oxygen atoms in total. The normalized spacial score (nSPS) is 14.0. The van der Waals surface area contributed by atoms with Crippen LogP contribution in [0.3, 0.4) is 0 Å². The van der Waals surface area contributed by atoms with Gasteiger partial charge in [0.05, 0.1) is 0 Å². The van der Waals surface area contributed by atoms with Crippen molar-refractivity contribution in [3.63, 3.8) is 0 Å². The molecule has 0 saturated carbocycles. The van der Waals surface area contributed by atoms with Crippen molar-refractivity contribution in [2.45, 2.75) is 52.6 Å². The molecule has 1 atom stereocenters. The molecule has 0 spiro atoms. The number of amides is 1. The first kappa shape index (κ1) is 18.4. The van der Waals surface area contributed by atoms with Gasteiger partial charge in [0.15, 0.2) is 0 Å². The maximum absolute atomic E-state index is 11.2. The molecule has 0 radical (unpaired) electrons. The summed E-state index contributed by atoms with van der Waals surface area (Å²) in [4.78, 5) is 17.6. The van der Waals surface area contributed by atoms with Crippen molar-refractivity contribution in [1.29, 1.82) is 0 Å². The fourth-order valence-corrected chi connectivity index (χ4v) is 1.62. The van der Waals surface area contributed by atoms with E-state index in [0.29, 0.717) is 6.04 Å². The Kier molecular flexibility index (Phi) is 7.60. The number of hydrogen-bond donors (Lipinski definition) is 0. The van der Waals surface area contributed by atoms with Gasteiger partial charge in [0.2, 0.25) is 5.91 Å². The van der Waals surface area contributed by atoms with E-state index in [4.69, 9.17) is 0 Å². The van der Waals surface area contributed by atoms with Gasteiger partial charge in [-0.3, -0.25) is 4.79 Å². The van der Waals surface area contributed by atoms with Gasteiger partial charge in [-0.15, -0.1) is 0 Å². The molecule has 0 heterocycles. The molecule has 0 aromatic heterocycles. The van der Waals surface area contributed by atoms with Crippen LogP contribution in [0.25, 0.3) is 0 Å². The van der Waals surface area contributed by atoms with Gasteiger partial charge in [-0.2, -0.15) is 0 Å². The first-order valence-electron chi connectivity index (χ1n) is 7.19. The minimum absolute atomic E-state index is 0.133. The molecule has 1 amide bonds. The van der Waals surface area contributed by atoms with Crippen LogP contribution in [-0.4, -0.2) is 73.0 Å². The summed E-state index contributed by atoms with van der Waals surface area (Å²) in [6.45, 7) is 13.4. The quantitative estimate of drug-likeness (QED) is 0.707. The van der Waals surface area contributed by atoms with Crippen LogP contribution in [0.1, 0.15) is 41.0 Å². The standard InChI is InChI=1S/C15H33N3O/c1-13(9-10-18(8)15(3,4)5)16(6)11-12-17(7)14(2)19/h13H,9-12H2,1-8H3. The lowest BCUT2D eigenvalue weighted by molar-refractivity contribution is -0.127. The second kappa shape index (κ2) is 7.85. The molecule has 0 rings (SSSR count). The fourth-order valence-electron chi connectivity index (χ4n) is 1.62. The first-order valence-corrected chi connectivity index (χ1v) is 7.19. The maximum atomic E-state index is 11.2. The summed E-state index contributed by atoms with van der Waals surface area (Å²) in [7, 11) is 6.17. The molecule has 0 N–H and O–H groups in total. The lowest BCUT2D eigenvalue weighted by atomic mass is 10.1. The number of carbonyl (C=O) groups excluding carboxylic acids is 1. The van der Waals surface area contributed by atoms with Gasteiger partial charge in [0.1, 0.15) is 0 Å². The highest BCUT2D eigenvalue weighted by atomic mass is 16.2. The number of hydrogen-bond acceptors (Lipinski definition) is 3. The maximum Gasteiger partial charge on any atom is 0.219 e. The molecule has 114 valence electrons. The van der Waals surface area contributed by atoms with Crippen LogP contribution < -0.4 is 0 Å². The largest absolute Gasteiger partial charge is 0.345 e. The van der Waals surface area contributed by atoms with Crippen LogP contribution in [0, 0.1) is 0 Å². The Labute approximate surface area is 119 Å². The third-order valence-electron chi connectivity index (χ3n) is 4.11. The second-order valence-electron chi connectivity index (χ2n) is 6.65. The topological polar surface area (TPSA) is 26.8 Å². The number of likely N-dealkylation sites (N-methyl/N-ethyl adjacent to an activating group) is 2. The average molecular weight is 271 g/mol. The first-order chi connectivity index (χ1) is 8.55. The molecule has 0 aliphatic carbocycles. The minimum Gasteiger partial charge on any atom is -0.345 e. The van der Waals surface area contributed by atoms with E-state index in [9.17, 15) is 4.79 Å². The lowest BCUT2D eigenvalue weighted by Crippen LogP contribution is -2.42. The van der Waals surface area contributed by atoms with Crippen molar-refractivity contribution in [1.82, 2.24) is 14.7 Å². The number of rotatable bonds is 7. The van der Waals surface area contributed by atoms with E-state index >= 15 is 0 Å². The summed E-state index contributed by atoms with van der Waals surface area (Å²) in [5, 5.41) is 0. The predicted octanol–water partition coefficient (Wildman–Crippen LogP) is 1.91. The summed E-state index contributed by atoms with van der Waals surface area (Å²) in [6, 6.07) is 0.533. The van der Waals surface area contributed by atoms with E-state index in [1.165, 1.54) is 0 Å². The molecule has 1 unspecified atom stereocenters. The molecule has 0 aromatic rings. The van der Waals surface area contributed by atoms with Crippen molar-refractivity contribution >= 4 is 5.91 Å². The van der Waals surface area contributed by atoms with E-state index in [2.05, 4.69) is 51.6 Å². The van der Waals surface area contributed by atoms with Gasteiger partial charge >= 0.3 is 0 Å². The SMILES string of the molecule is CC(=O)N(C)CCN(C)C(C)CCN(C)C(C)(C)C. The van der Waals surface area contributed by atoms with Crippen molar-refractivity contribution in [3.05, 3.63) is 0 Å². The molecule has 0 aromatic carbocycles. The molecule has 0 aliphatic rings. The third kappa shape index (κ3) is 7.53. The minimum atomic E-state index is 0.133. The molecular formula is C15H33N3O. The van der Waals surface area contributed by atoms with Gasteiger partial charge in [-0.05, 0) is 54.8 Å². The van der Waals surface area contributed by atoms with E-state index in [0.717, 1.165) is 26.1 Å². The Morgan fingerprint density at radius 1 is 1.05 bits per heavy atom. The Bertz CT molecular complexity index is 273. The zero-order valence-electron chi connectivity index (χ0n) is 14.2. The number of nitrogens with zero attached hydrogens (tertiary/aromatic N) is 3. The van der Waals surface area contributed by atoms with Gasteiger partial charge in [-0.25, -0.2) is 0 Å². The smallest absolute Gasteiger partial charge is 0.219 e. The highest BCUT2D eigenvalue weighted by Crippen LogP contribution is 2.12. The fraction of sp³-hybridized carbons (Fsp3) is 0.933. The van der Waals surface area contributed by atoms with Crippen molar-refractivity contribution in [2.75, 3.05) is 40.8 Å². The molecule has 0 bridgehead atoms. The van der Waals surface area contributed by atoms with Crippen molar-refractivity contribution in [2.24, 2.45) is 0 Å². The molecular weight excluding hydrogens is 238 g/mol. The average Bonchev–Trinajstić information content (AvgIpc) is 2.30. The third-order valence-corrected chi connectivity index (χ3v) is 4.11. The van der Waals surface area contributed by atoms with E-state index in [1.807, 2.05) is 7.05 Å². The Hall–Kier alpha value is -0.610. The van der Waals surface area contributed by atoms with E-state index < -0.39 is 0 Å². The van der Waals surface area contributed by atoms with Crippen LogP contribution in [-0.2, 0) is 4.79 Å². The van der Waals surface area contributed by atoms with Gasteiger partial charge in [0, 0.05) is 38.6 Å². The molecule has 4 heteroatoms. The summed E-state index contributed by atoms with van der Waals surface area (Å²) in [5.74, 6) is 0.133.